The van der Waals surface area contributed by atoms with Gasteiger partial charge in [-0.25, -0.2) is 0 Å². The summed E-state index contributed by atoms with van der Waals surface area (Å²) in [4.78, 5) is 28.6. The Labute approximate surface area is 243 Å². The average molecular weight is 596 g/mol. The zero-order valence-corrected chi connectivity index (χ0v) is 24.5. The minimum Gasteiger partial charge on any atom is -0.497 e. The van der Waals surface area contributed by atoms with Gasteiger partial charge in [-0.05, 0) is 81.2 Å². The number of piperidine rings is 1. The Morgan fingerprint density at radius 2 is 1.88 bits per heavy atom. The van der Waals surface area contributed by atoms with Crippen LogP contribution < -0.4 is 15.0 Å². The lowest BCUT2D eigenvalue weighted by molar-refractivity contribution is -0.261. The number of alkyl halides is 3. The zero-order chi connectivity index (χ0) is 30.2. The molecule has 41 heavy (non-hydrogen) atoms. The van der Waals surface area contributed by atoms with E-state index in [1.807, 2.05) is 26.0 Å². The summed E-state index contributed by atoms with van der Waals surface area (Å²) in [5, 5.41) is 14.0. The van der Waals surface area contributed by atoms with Gasteiger partial charge >= 0.3 is 6.18 Å². The topological polar surface area (TPSA) is 82.1 Å². The molecule has 1 heterocycles. The van der Waals surface area contributed by atoms with Gasteiger partial charge in [0.25, 0.3) is 17.4 Å². The first-order chi connectivity index (χ1) is 19.2. The highest BCUT2D eigenvalue weighted by molar-refractivity contribution is 6.34. The van der Waals surface area contributed by atoms with Crippen molar-refractivity contribution < 1.29 is 32.6 Å². The number of benzene rings is 2. The third kappa shape index (κ3) is 6.28. The van der Waals surface area contributed by atoms with Gasteiger partial charge in [0, 0.05) is 44.0 Å². The van der Waals surface area contributed by atoms with Gasteiger partial charge in [-0.3, -0.25) is 9.59 Å². The molecule has 11 heteroatoms. The molecule has 1 saturated carbocycles. The molecule has 2 unspecified atom stereocenters. The zero-order valence-electron chi connectivity index (χ0n) is 23.7. The molecule has 2 fully saturated rings. The lowest BCUT2D eigenvalue weighted by Crippen LogP contribution is -2.55. The first kappa shape index (κ1) is 31.0. The largest absolute Gasteiger partial charge is 0.497 e. The molecular formula is C30H37ClF3N3O4. The van der Waals surface area contributed by atoms with Crippen LogP contribution in [0.15, 0.2) is 42.5 Å². The summed E-state index contributed by atoms with van der Waals surface area (Å²) < 4.78 is 47.2. The highest BCUT2D eigenvalue weighted by atomic mass is 35.5. The van der Waals surface area contributed by atoms with Crippen LogP contribution in [0.5, 0.6) is 5.75 Å². The summed E-state index contributed by atoms with van der Waals surface area (Å²) in [5.41, 5.74) is -2.77. The fraction of sp³-hybridized carbons (Fsp3) is 0.533. The molecule has 0 aromatic heterocycles. The molecule has 1 aliphatic carbocycles. The van der Waals surface area contributed by atoms with Crippen molar-refractivity contribution in [1.82, 2.24) is 10.2 Å². The maximum Gasteiger partial charge on any atom is 0.430 e. The van der Waals surface area contributed by atoms with Crippen LogP contribution in [0.2, 0.25) is 5.02 Å². The van der Waals surface area contributed by atoms with Crippen molar-refractivity contribution in [3.05, 3.63) is 58.6 Å². The molecule has 2 amide bonds. The molecule has 224 valence electrons. The highest BCUT2D eigenvalue weighted by Gasteiger charge is 2.62. The van der Waals surface area contributed by atoms with Gasteiger partial charge in [0.1, 0.15) is 5.75 Å². The SMILES string of the molecule is COc1cccc(C(O)(C(=O)N(C)CCC2CC23CCN(c2ccc(C(=O)NC(C)C)c(Cl)c2)CC3)C(F)(F)F)c1. The molecule has 2 atom stereocenters. The summed E-state index contributed by atoms with van der Waals surface area (Å²) in [6.45, 7) is 5.46. The summed E-state index contributed by atoms with van der Waals surface area (Å²) in [7, 11) is 2.60. The van der Waals surface area contributed by atoms with Crippen LogP contribution in [-0.2, 0) is 10.4 Å². The standard InChI is InChI=1S/C30H37ClF3N3O4/c1-19(2)35-26(38)24-9-8-22(17-25(24)31)37-14-11-28(12-15-37)18-21(28)10-13-36(3)27(39)29(40,30(32,33)34)20-6-5-7-23(16-20)41-4/h5-9,16-17,19,21,40H,10-15,18H2,1-4H3,(H,35,38). The van der Waals surface area contributed by atoms with E-state index in [-0.39, 0.29) is 29.7 Å². The summed E-state index contributed by atoms with van der Waals surface area (Å²) in [6, 6.07) is 10.3. The molecule has 1 spiro atoms. The van der Waals surface area contributed by atoms with Crippen LogP contribution in [0.3, 0.4) is 0 Å². The molecule has 0 bridgehead atoms. The van der Waals surface area contributed by atoms with Crippen LogP contribution in [0.25, 0.3) is 0 Å². The minimum absolute atomic E-state index is 0.00436. The Bertz CT molecular complexity index is 1280. The highest BCUT2D eigenvalue weighted by Crippen LogP contribution is 2.61. The van der Waals surface area contributed by atoms with Gasteiger partial charge in [-0.2, -0.15) is 13.2 Å². The van der Waals surface area contributed by atoms with Crippen LogP contribution >= 0.6 is 11.6 Å². The molecule has 2 aromatic carbocycles. The van der Waals surface area contributed by atoms with Crippen molar-refractivity contribution in [3.63, 3.8) is 0 Å². The van der Waals surface area contributed by atoms with Crippen molar-refractivity contribution in [1.29, 1.82) is 0 Å². The van der Waals surface area contributed by atoms with Crippen LogP contribution in [0, 0.1) is 11.3 Å². The number of rotatable bonds is 9. The monoisotopic (exact) mass is 595 g/mol. The van der Waals surface area contributed by atoms with Crippen molar-refractivity contribution >= 4 is 29.1 Å². The van der Waals surface area contributed by atoms with E-state index in [1.54, 1.807) is 6.07 Å². The number of likely N-dealkylation sites (N-methyl/N-ethyl adjacent to an activating group) is 1. The number of hydrogen-bond donors (Lipinski definition) is 2. The van der Waals surface area contributed by atoms with Crippen molar-refractivity contribution in [2.75, 3.05) is 38.7 Å². The van der Waals surface area contributed by atoms with Gasteiger partial charge in [0.2, 0.25) is 0 Å². The summed E-state index contributed by atoms with van der Waals surface area (Å²) in [6.07, 6.45) is -1.87. The Kier molecular flexibility index (Phi) is 8.85. The molecule has 1 aliphatic heterocycles. The van der Waals surface area contributed by atoms with E-state index in [4.69, 9.17) is 16.3 Å². The van der Waals surface area contributed by atoms with E-state index < -0.39 is 23.2 Å². The van der Waals surface area contributed by atoms with Gasteiger partial charge in [0.15, 0.2) is 0 Å². The summed E-state index contributed by atoms with van der Waals surface area (Å²) >= 11 is 6.42. The molecule has 2 aliphatic rings. The molecular weight excluding hydrogens is 559 g/mol. The van der Waals surface area contributed by atoms with E-state index in [0.29, 0.717) is 22.9 Å². The van der Waals surface area contributed by atoms with Crippen molar-refractivity contribution in [2.24, 2.45) is 11.3 Å². The van der Waals surface area contributed by atoms with E-state index in [0.717, 1.165) is 55.1 Å². The molecule has 2 aromatic rings. The smallest absolute Gasteiger partial charge is 0.430 e. The van der Waals surface area contributed by atoms with Gasteiger partial charge in [-0.1, -0.05) is 23.7 Å². The normalized spacial score (nSPS) is 19.6. The van der Waals surface area contributed by atoms with E-state index in [2.05, 4.69) is 10.2 Å². The second-order valence-corrected chi connectivity index (χ2v) is 11.9. The predicted molar refractivity (Wildman–Crippen MR) is 151 cm³/mol. The Hall–Kier alpha value is -2.98. The molecule has 4 rings (SSSR count). The maximum absolute atomic E-state index is 14.1. The molecule has 0 radical (unpaired) electrons. The number of anilines is 1. The lowest BCUT2D eigenvalue weighted by Gasteiger charge is -2.35. The van der Waals surface area contributed by atoms with Crippen LogP contribution in [0.4, 0.5) is 18.9 Å². The Morgan fingerprint density at radius 3 is 2.46 bits per heavy atom. The first-order valence-electron chi connectivity index (χ1n) is 13.8. The number of amides is 2. The Morgan fingerprint density at radius 1 is 1.20 bits per heavy atom. The third-order valence-corrected chi connectivity index (χ3v) is 8.78. The Balaban J connectivity index is 1.34. The number of nitrogens with zero attached hydrogens (tertiary/aromatic N) is 2. The minimum atomic E-state index is -5.21. The molecule has 7 nitrogen and oxygen atoms in total. The van der Waals surface area contributed by atoms with Crippen molar-refractivity contribution in [2.45, 2.75) is 57.3 Å². The number of halogens is 4. The van der Waals surface area contributed by atoms with Gasteiger partial charge < -0.3 is 25.0 Å². The van der Waals surface area contributed by atoms with Crippen LogP contribution in [-0.4, -0.2) is 67.8 Å². The maximum atomic E-state index is 14.1. The van der Waals surface area contributed by atoms with Crippen molar-refractivity contribution in [3.8, 4) is 5.75 Å². The molecule has 1 saturated heterocycles. The quantitative estimate of drug-likeness (QED) is 0.406. The average Bonchev–Trinajstić information content (AvgIpc) is 3.60. The number of nitrogens with one attached hydrogen (secondary N) is 1. The van der Waals surface area contributed by atoms with Crippen LogP contribution in [0.1, 0.15) is 55.5 Å². The third-order valence-electron chi connectivity index (χ3n) is 8.47. The summed E-state index contributed by atoms with van der Waals surface area (Å²) in [5.74, 6) is -1.22. The predicted octanol–water partition coefficient (Wildman–Crippen LogP) is 5.39. The second-order valence-electron chi connectivity index (χ2n) is 11.5. The lowest BCUT2D eigenvalue weighted by atomic mass is 9.89. The van der Waals surface area contributed by atoms with E-state index >= 15 is 0 Å². The van der Waals surface area contributed by atoms with E-state index in [1.165, 1.54) is 26.3 Å². The second kappa shape index (κ2) is 11.7. The number of hydrogen-bond acceptors (Lipinski definition) is 5. The fourth-order valence-corrected chi connectivity index (χ4v) is 6.13. The number of methoxy groups -OCH3 is 1. The first-order valence-corrected chi connectivity index (χ1v) is 14.1. The number of carbonyl (C=O) groups excluding carboxylic acids is 2. The fourth-order valence-electron chi connectivity index (χ4n) is 5.87. The number of ether oxygens (including phenoxy) is 1. The van der Waals surface area contributed by atoms with E-state index in [9.17, 15) is 27.9 Å². The molecule has 2 N–H and O–H groups in total. The van der Waals surface area contributed by atoms with Gasteiger partial charge in [-0.15, -0.1) is 0 Å². The number of carbonyl (C=O) groups is 2. The number of aliphatic hydroxyl groups is 1. The van der Waals surface area contributed by atoms with Gasteiger partial charge in [0.05, 0.1) is 17.7 Å².